The minimum atomic E-state index is -0.423. The van der Waals surface area contributed by atoms with Crippen LogP contribution in [-0.4, -0.2) is 71.7 Å². The minimum Gasteiger partial charge on any atom is -0.392 e. The van der Waals surface area contributed by atoms with E-state index < -0.39 is 6.10 Å². The topological polar surface area (TPSA) is 68.7 Å². The number of hydrogen-bond acceptors (Lipinski definition) is 5. The first kappa shape index (κ1) is 15.9. The third-order valence-corrected chi connectivity index (χ3v) is 3.63. The number of nitrogens with one attached hydrogen (secondary N) is 1. The van der Waals surface area contributed by atoms with Crippen molar-refractivity contribution in [1.82, 2.24) is 20.1 Å². The van der Waals surface area contributed by atoms with Crippen LogP contribution in [0.2, 0.25) is 0 Å². The molecule has 116 valence electrons. The van der Waals surface area contributed by atoms with Gasteiger partial charge >= 0.3 is 0 Å². The van der Waals surface area contributed by atoms with Gasteiger partial charge in [-0.15, -0.1) is 0 Å². The van der Waals surface area contributed by atoms with Crippen LogP contribution < -0.4 is 5.32 Å². The van der Waals surface area contributed by atoms with Crippen LogP contribution in [0.4, 0.5) is 0 Å². The summed E-state index contributed by atoms with van der Waals surface area (Å²) in [7, 11) is 3.98. The molecule has 0 bridgehead atoms. The zero-order valence-electron chi connectivity index (χ0n) is 12.7. The number of nitrogens with zero attached hydrogens (tertiary/aromatic N) is 3. The first-order chi connectivity index (χ1) is 10.1. The maximum Gasteiger partial charge on any atom is 0.240 e. The SMILES string of the molecule is CN(C)CCN(Cc1cccnc1)C(=O)C1CC(O)CN1. The van der Waals surface area contributed by atoms with E-state index in [1.54, 1.807) is 12.4 Å². The average molecular weight is 292 g/mol. The number of aliphatic hydroxyl groups excluding tert-OH is 1. The van der Waals surface area contributed by atoms with Crippen molar-refractivity contribution in [2.45, 2.75) is 25.1 Å². The van der Waals surface area contributed by atoms with Crippen LogP contribution in [0.25, 0.3) is 0 Å². The van der Waals surface area contributed by atoms with Gasteiger partial charge in [0.1, 0.15) is 0 Å². The Hall–Kier alpha value is -1.50. The van der Waals surface area contributed by atoms with E-state index in [0.717, 1.165) is 12.1 Å². The summed E-state index contributed by atoms with van der Waals surface area (Å²) in [5.74, 6) is 0.0530. The van der Waals surface area contributed by atoms with Gasteiger partial charge in [0.05, 0.1) is 12.1 Å². The van der Waals surface area contributed by atoms with Gasteiger partial charge in [-0.1, -0.05) is 6.07 Å². The molecule has 0 aliphatic carbocycles. The van der Waals surface area contributed by atoms with Crippen molar-refractivity contribution in [3.05, 3.63) is 30.1 Å². The molecule has 2 rings (SSSR count). The van der Waals surface area contributed by atoms with Crippen molar-refractivity contribution in [3.63, 3.8) is 0 Å². The Morgan fingerprint density at radius 2 is 2.29 bits per heavy atom. The molecule has 21 heavy (non-hydrogen) atoms. The van der Waals surface area contributed by atoms with Gasteiger partial charge in [0, 0.05) is 38.6 Å². The number of amides is 1. The lowest BCUT2D eigenvalue weighted by Gasteiger charge is -2.27. The van der Waals surface area contributed by atoms with E-state index in [9.17, 15) is 9.90 Å². The fourth-order valence-corrected chi connectivity index (χ4v) is 2.43. The Kier molecular flexibility index (Phi) is 5.67. The third-order valence-electron chi connectivity index (χ3n) is 3.63. The molecule has 1 aliphatic rings. The van der Waals surface area contributed by atoms with Gasteiger partial charge in [0.15, 0.2) is 0 Å². The van der Waals surface area contributed by atoms with E-state index in [2.05, 4.69) is 15.2 Å². The van der Waals surface area contributed by atoms with Crippen LogP contribution in [0.5, 0.6) is 0 Å². The highest BCUT2D eigenvalue weighted by Gasteiger charge is 2.31. The van der Waals surface area contributed by atoms with E-state index in [1.807, 2.05) is 31.1 Å². The van der Waals surface area contributed by atoms with Crippen molar-refractivity contribution in [2.75, 3.05) is 33.7 Å². The number of aliphatic hydroxyl groups is 1. The van der Waals surface area contributed by atoms with Gasteiger partial charge < -0.3 is 20.2 Å². The summed E-state index contributed by atoms with van der Waals surface area (Å²) in [6.45, 7) is 2.51. The van der Waals surface area contributed by atoms with E-state index in [-0.39, 0.29) is 11.9 Å². The number of hydrogen-bond donors (Lipinski definition) is 2. The maximum atomic E-state index is 12.6. The Morgan fingerprint density at radius 3 is 2.86 bits per heavy atom. The molecule has 6 nitrogen and oxygen atoms in total. The highest BCUT2D eigenvalue weighted by Crippen LogP contribution is 2.12. The van der Waals surface area contributed by atoms with Gasteiger partial charge in [0.25, 0.3) is 0 Å². The highest BCUT2D eigenvalue weighted by molar-refractivity contribution is 5.82. The van der Waals surface area contributed by atoms with Gasteiger partial charge in [0.2, 0.25) is 5.91 Å². The molecule has 0 aromatic carbocycles. The molecule has 1 saturated heterocycles. The highest BCUT2D eigenvalue weighted by atomic mass is 16.3. The van der Waals surface area contributed by atoms with Crippen molar-refractivity contribution in [3.8, 4) is 0 Å². The zero-order chi connectivity index (χ0) is 15.2. The smallest absolute Gasteiger partial charge is 0.240 e. The van der Waals surface area contributed by atoms with Crippen molar-refractivity contribution < 1.29 is 9.90 Å². The van der Waals surface area contributed by atoms with E-state index >= 15 is 0 Å². The molecule has 6 heteroatoms. The maximum absolute atomic E-state index is 12.6. The number of likely N-dealkylation sites (N-methyl/N-ethyl adjacent to an activating group) is 1. The lowest BCUT2D eigenvalue weighted by molar-refractivity contribution is -0.134. The van der Waals surface area contributed by atoms with Crippen LogP contribution in [0.3, 0.4) is 0 Å². The molecule has 2 atom stereocenters. The van der Waals surface area contributed by atoms with Crippen LogP contribution in [-0.2, 0) is 11.3 Å². The summed E-state index contributed by atoms with van der Waals surface area (Å²) in [6.07, 6.45) is 3.58. The molecule has 0 radical (unpaired) electrons. The molecule has 0 saturated carbocycles. The standard InChI is InChI=1S/C15H24N4O2/c1-18(2)6-7-19(11-12-4-3-5-16-9-12)15(21)14-8-13(20)10-17-14/h3-5,9,13-14,17,20H,6-8,10-11H2,1-2H3. The predicted octanol–water partition coefficient (Wildman–Crippen LogP) is -0.305. The van der Waals surface area contributed by atoms with E-state index in [1.165, 1.54) is 0 Å². The lowest BCUT2D eigenvalue weighted by atomic mass is 10.1. The number of β-amino-alcohol motifs (C(OH)–C–C–N with tert-alkyl or cyclic N) is 1. The number of pyridine rings is 1. The molecule has 1 aromatic heterocycles. The second-order valence-electron chi connectivity index (χ2n) is 5.77. The van der Waals surface area contributed by atoms with Crippen molar-refractivity contribution in [2.24, 2.45) is 0 Å². The molecule has 0 spiro atoms. The van der Waals surface area contributed by atoms with Crippen molar-refractivity contribution in [1.29, 1.82) is 0 Å². The monoisotopic (exact) mass is 292 g/mol. The molecule has 1 aromatic rings. The Bertz CT molecular complexity index is 452. The van der Waals surface area contributed by atoms with Gasteiger partial charge in [-0.2, -0.15) is 0 Å². The molecule has 2 unspecified atom stereocenters. The molecule has 2 heterocycles. The van der Waals surface area contributed by atoms with Crippen LogP contribution >= 0.6 is 0 Å². The van der Waals surface area contributed by atoms with Crippen LogP contribution in [0, 0.1) is 0 Å². The van der Waals surface area contributed by atoms with Gasteiger partial charge in [-0.3, -0.25) is 9.78 Å². The molecular formula is C15H24N4O2. The predicted molar refractivity (Wildman–Crippen MR) is 80.6 cm³/mol. The Balaban J connectivity index is 2.02. The fraction of sp³-hybridized carbons (Fsp3) is 0.600. The van der Waals surface area contributed by atoms with E-state index in [4.69, 9.17) is 0 Å². The lowest BCUT2D eigenvalue weighted by Crippen LogP contribution is -2.45. The minimum absolute atomic E-state index is 0.0530. The molecule has 1 amide bonds. The molecule has 1 aliphatic heterocycles. The Labute approximate surface area is 125 Å². The zero-order valence-corrected chi connectivity index (χ0v) is 12.7. The second kappa shape index (κ2) is 7.49. The summed E-state index contributed by atoms with van der Waals surface area (Å²) in [4.78, 5) is 20.6. The normalized spacial score (nSPS) is 21.7. The molecule has 2 N–H and O–H groups in total. The Morgan fingerprint density at radius 1 is 1.48 bits per heavy atom. The van der Waals surface area contributed by atoms with Gasteiger partial charge in [-0.25, -0.2) is 0 Å². The fourth-order valence-electron chi connectivity index (χ4n) is 2.43. The largest absolute Gasteiger partial charge is 0.392 e. The number of rotatable bonds is 6. The van der Waals surface area contributed by atoms with Crippen LogP contribution in [0.15, 0.2) is 24.5 Å². The second-order valence-corrected chi connectivity index (χ2v) is 5.77. The summed E-state index contributed by atoms with van der Waals surface area (Å²) in [5.41, 5.74) is 1.02. The quantitative estimate of drug-likeness (QED) is 0.753. The molecule has 1 fully saturated rings. The average Bonchev–Trinajstić information content (AvgIpc) is 2.90. The number of aromatic nitrogens is 1. The summed E-state index contributed by atoms with van der Waals surface area (Å²) < 4.78 is 0. The summed E-state index contributed by atoms with van der Waals surface area (Å²) >= 11 is 0. The first-order valence-corrected chi connectivity index (χ1v) is 7.30. The number of carbonyl (C=O) groups is 1. The third kappa shape index (κ3) is 4.77. The van der Waals surface area contributed by atoms with Crippen molar-refractivity contribution >= 4 is 5.91 Å². The number of carbonyl (C=O) groups excluding carboxylic acids is 1. The molecular weight excluding hydrogens is 268 g/mol. The summed E-state index contributed by atoms with van der Waals surface area (Å²) in [6, 6.07) is 3.57. The van der Waals surface area contributed by atoms with E-state index in [0.29, 0.717) is 26.1 Å². The van der Waals surface area contributed by atoms with Gasteiger partial charge in [-0.05, 0) is 32.1 Å². The van der Waals surface area contributed by atoms with Crippen LogP contribution in [0.1, 0.15) is 12.0 Å². The summed E-state index contributed by atoms with van der Waals surface area (Å²) in [5, 5.41) is 12.7. The first-order valence-electron chi connectivity index (χ1n) is 7.30.